The number of cyclic esters (lactones) is 1. The molecule has 1 N–H and O–H groups in total. The highest BCUT2D eigenvalue weighted by atomic mass is 16.6. The number of amides is 3. The van der Waals surface area contributed by atoms with E-state index in [2.05, 4.69) is 17.9 Å². The summed E-state index contributed by atoms with van der Waals surface area (Å²) >= 11 is 0. The van der Waals surface area contributed by atoms with Gasteiger partial charge in [-0.05, 0) is 114 Å². The predicted molar refractivity (Wildman–Crippen MR) is 266 cm³/mol. The number of morpholine rings is 1. The molecular formula is C58H57N3O11. The van der Waals surface area contributed by atoms with E-state index in [-0.39, 0.29) is 45.2 Å². The molecule has 6 atom stereocenters. The molecule has 2 saturated heterocycles. The van der Waals surface area contributed by atoms with E-state index in [9.17, 15) is 9.90 Å². The van der Waals surface area contributed by atoms with Crippen molar-refractivity contribution in [3.05, 3.63) is 166 Å². The fourth-order valence-electron chi connectivity index (χ4n) is 11.5. The molecule has 2 fully saturated rings. The highest BCUT2D eigenvalue weighted by molar-refractivity contribution is 6.23. The van der Waals surface area contributed by atoms with Crippen LogP contribution < -0.4 is 19.1 Å². The third kappa shape index (κ3) is 8.55. The molecule has 4 heterocycles. The molecular weight excluding hydrogens is 915 g/mol. The van der Waals surface area contributed by atoms with Gasteiger partial charge >= 0.3 is 12.1 Å². The number of esters is 1. The number of anilines is 1. The summed E-state index contributed by atoms with van der Waals surface area (Å²) in [5, 5.41) is 9.67. The molecule has 5 aromatic carbocycles. The van der Waals surface area contributed by atoms with Gasteiger partial charge in [0.15, 0.2) is 11.5 Å². The standard InChI is InChI=1S/C58H57N3O11/c1-67-31-32-71-57(66)60-46-26-21-38(20-19-37-13-7-4-8-14-37)33-45(46)58(56(60)65)49(54(63)59-28-27-42-34-47(68-2)48(69-3)35-43(42)36-59)51-55(64)72-52(40-17-11-6-12-18-40)50(39-15-9-5-10-16-39)61(51)53(58)41-22-24-44(25-23-41)70-30-29-62/h5-6,9-13,15-18,21-26,33-35,49-53,62H,4,7-8,14,27-32,36H2,1-3H3/t49-,50-,51-,52+,53+,58-/m0/s1. The van der Waals surface area contributed by atoms with E-state index in [4.69, 9.17) is 28.4 Å². The van der Waals surface area contributed by atoms with Gasteiger partial charge in [0.05, 0.1) is 51.1 Å². The second-order valence-corrected chi connectivity index (χ2v) is 18.6. The molecule has 1 aliphatic carbocycles. The smallest absolute Gasteiger partial charge is 0.421 e. The summed E-state index contributed by atoms with van der Waals surface area (Å²) in [5.41, 5.74) is 3.95. The first kappa shape index (κ1) is 48.2. The van der Waals surface area contributed by atoms with Crippen LogP contribution in [-0.2, 0) is 47.0 Å². The average Bonchev–Trinajstić information content (AvgIpc) is 3.88. The van der Waals surface area contributed by atoms with Gasteiger partial charge in [-0.25, -0.2) is 9.69 Å². The Bertz CT molecular complexity index is 2950. The van der Waals surface area contributed by atoms with Crippen molar-refractivity contribution < 1.29 is 52.7 Å². The van der Waals surface area contributed by atoms with Gasteiger partial charge in [0.25, 0.3) is 0 Å². The average molecular weight is 972 g/mol. The van der Waals surface area contributed by atoms with E-state index in [1.54, 1.807) is 43.4 Å². The van der Waals surface area contributed by atoms with Crippen molar-refractivity contribution in [3.63, 3.8) is 0 Å². The van der Waals surface area contributed by atoms with Crippen molar-refractivity contribution in [1.29, 1.82) is 0 Å². The number of imide groups is 1. The van der Waals surface area contributed by atoms with Crippen LogP contribution >= 0.6 is 0 Å². The SMILES string of the molecule is COCCOC(=O)N1C(=O)[C@@]2(c3cc(C#CC4=CCCCC4)ccc31)[C@H](C(=O)N1CCc3cc(OC)c(OC)cc3C1)[C@H]1C(=O)O[C@H](c3ccccc3)[C@H](c3ccccc3)N1[C@@H]2c1ccc(OCCO)cc1. The monoisotopic (exact) mass is 971 g/mol. The number of fused-ring (bicyclic) bond motifs is 4. The van der Waals surface area contributed by atoms with E-state index in [1.165, 1.54) is 7.11 Å². The maximum Gasteiger partial charge on any atom is 0.421 e. The summed E-state index contributed by atoms with van der Waals surface area (Å²) in [6.07, 6.45) is 4.63. The minimum Gasteiger partial charge on any atom is -0.493 e. The van der Waals surface area contributed by atoms with Crippen molar-refractivity contribution in [2.75, 3.05) is 59.2 Å². The summed E-state index contributed by atoms with van der Waals surface area (Å²) in [4.78, 5) is 68.3. The lowest BCUT2D eigenvalue weighted by molar-refractivity contribution is -0.179. The summed E-state index contributed by atoms with van der Waals surface area (Å²) in [6.45, 7) is 0.125. The lowest BCUT2D eigenvalue weighted by atomic mass is 9.64. The summed E-state index contributed by atoms with van der Waals surface area (Å²) in [7, 11) is 4.61. The zero-order valence-electron chi connectivity index (χ0n) is 40.6. The molecule has 10 rings (SSSR count). The Hall–Kier alpha value is -7.44. The third-order valence-corrected chi connectivity index (χ3v) is 14.7. The molecule has 0 aromatic heterocycles. The number of benzene rings is 5. The first-order chi connectivity index (χ1) is 35.2. The van der Waals surface area contributed by atoms with Crippen LogP contribution in [0, 0.1) is 17.8 Å². The zero-order valence-corrected chi connectivity index (χ0v) is 40.6. The van der Waals surface area contributed by atoms with Crippen LogP contribution in [-0.4, -0.2) is 99.1 Å². The number of aliphatic hydroxyl groups excluding tert-OH is 1. The van der Waals surface area contributed by atoms with Crippen LogP contribution in [0.4, 0.5) is 10.5 Å². The van der Waals surface area contributed by atoms with Crippen molar-refractivity contribution in [3.8, 4) is 29.1 Å². The van der Waals surface area contributed by atoms with Crippen LogP contribution in [0.3, 0.4) is 0 Å². The second-order valence-electron chi connectivity index (χ2n) is 18.6. The Kier molecular flexibility index (Phi) is 13.9. The van der Waals surface area contributed by atoms with Crippen LogP contribution in [0.5, 0.6) is 17.2 Å². The molecule has 72 heavy (non-hydrogen) atoms. The molecule has 3 amide bonds. The largest absolute Gasteiger partial charge is 0.493 e. The van der Waals surface area contributed by atoms with Gasteiger partial charge in [-0.1, -0.05) is 90.7 Å². The fourth-order valence-corrected chi connectivity index (χ4v) is 11.5. The number of aliphatic hydroxyl groups is 1. The highest BCUT2D eigenvalue weighted by Crippen LogP contribution is 2.66. The number of methoxy groups -OCH3 is 3. The molecule has 0 unspecified atom stereocenters. The van der Waals surface area contributed by atoms with E-state index in [0.717, 1.165) is 52.8 Å². The molecule has 0 bridgehead atoms. The number of rotatable bonds is 12. The first-order valence-electron chi connectivity index (χ1n) is 24.5. The molecule has 1 spiro atoms. The Balaban J connectivity index is 1.26. The fraction of sp³-hybridized carbons (Fsp3) is 0.345. The summed E-state index contributed by atoms with van der Waals surface area (Å²) in [5.74, 6) is 4.85. The van der Waals surface area contributed by atoms with E-state index in [0.29, 0.717) is 45.9 Å². The predicted octanol–water partition coefficient (Wildman–Crippen LogP) is 7.96. The molecule has 0 radical (unpaired) electrons. The van der Waals surface area contributed by atoms with Gasteiger partial charge < -0.3 is 38.4 Å². The Morgan fingerprint density at radius 2 is 1.49 bits per heavy atom. The van der Waals surface area contributed by atoms with Gasteiger partial charge in [0, 0.05) is 25.8 Å². The maximum absolute atomic E-state index is 16.7. The van der Waals surface area contributed by atoms with Gasteiger partial charge in [-0.15, -0.1) is 0 Å². The Morgan fingerprint density at radius 1 is 0.764 bits per heavy atom. The third-order valence-electron chi connectivity index (χ3n) is 14.7. The van der Waals surface area contributed by atoms with Crippen LogP contribution in [0.1, 0.15) is 82.8 Å². The van der Waals surface area contributed by atoms with Gasteiger partial charge in [-0.3, -0.25) is 19.3 Å². The molecule has 5 aromatic rings. The number of nitrogens with zero attached hydrogens (tertiary/aromatic N) is 3. The Labute approximate surface area is 419 Å². The maximum atomic E-state index is 16.7. The number of allylic oxidation sites excluding steroid dienone is 2. The number of carbonyl (C=O) groups is 4. The topological polar surface area (TPSA) is 154 Å². The van der Waals surface area contributed by atoms with Crippen molar-refractivity contribution >= 4 is 29.6 Å². The molecule has 0 saturated carbocycles. The number of carbonyl (C=O) groups excluding carboxylic acids is 4. The molecule has 5 aliphatic rings. The minimum absolute atomic E-state index is 0.0442. The van der Waals surface area contributed by atoms with E-state index < -0.39 is 59.4 Å². The number of hydrogen-bond donors (Lipinski definition) is 1. The van der Waals surface area contributed by atoms with Crippen LogP contribution in [0.2, 0.25) is 0 Å². The number of ether oxygens (including phenoxy) is 6. The summed E-state index contributed by atoms with van der Waals surface area (Å²) in [6, 6.07) is 32.0. The normalized spacial score (nSPS) is 23.2. The van der Waals surface area contributed by atoms with Crippen molar-refractivity contribution in [2.24, 2.45) is 5.92 Å². The van der Waals surface area contributed by atoms with Crippen molar-refractivity contribution in [1.82, 2.24) is 9.80 Å². The number of hydrogen-bond acceptors (Lipinski definition) is 12. The second kappa shape index (κ2) is 20.7. The van der Waals surface area contributed by atoms with E-state index in [1.807, 2.05) is 95.9 Å². The van der Waals surface area contributed by atoms with Gasteiger partial charge in [0.2, 0.25) is 11.8 Å². The Morgan fingerprint density at radius 3 is 2.17 bits per heavy atom. The minimum atomic E-state index is -2.01. The highest BCUT2D eigenvalue weighted by Gasteiger charge is 2.76. The van der Waals surface area contributed by atoms with E-state index >= 15 is 14.4 Å². The lowest BCUT2D eigenvalue weighted by Crippen LogP contribution is -2.57. The quantitative estimate of drug-likeness (QED) is 0.0734. The first-order valence-corrected chi connectivity index (χ1v) is 24.5. The summed E-state index contributed by atoms with van der Waals surface area (Å²) < 4.78 is 34.9. The van der Waals surface area contributed by atoms with Gasteiger partial charge in [-0.2, -0.15) is 0 Å². The molecule has 4 aliphatic heterocycles. The van der Waals surface area contributed by atoms with Crippen LogP contribution in [0.15, 0.2) is 127 Å². The molecule has 14 nitrogen and oxygen atoms in total. The lowest BCUT2D eigenvalue weighted by Gasteiger charge is -2.46. The van der Waals surface area contributed by atoms with Crippen LogP contribution in [0.25, 0.3) is 0 Å². The molecule has 14 heteroatoms. The zero-order chi connectivity index (χ0) is 49.9. The van der Waals surface area contributed by atoms with Gasteiger partial charge in [0.1, 0.15) is 36.5 Å². The molecule has 370 valence electrons. The van der Waals surface area contributed by atoms with Crippen molar-refractivity contribution in [2.45, 2.75) is 68.3 Å².